The van der Waals surface area contributed by atoms with E-state index in [0.717, 1.165) is 24.3 Å². The summed E-state index contributed by atoms with van der Waals surface area (Å²) in [5.74, 6) is 2.83. The molecule has 1 spiro atoms. The monoisotopic (exact) mass is 429 g/mol. The third-order valence-electron chi connectivity index (χ3n) is 6.80. The van der Waals surface area contributed by atoms with Gasteiger partial charge in [-0.05, 0) is 56.2 Å². The van der Waals surface area contributed by atoms with Gasteiger partial charge in [0.25, 0.3) is 0 Å². The molecule has 1 aromatic rings. The number of nitrogens with two attached hydrogens (primary N) is 1. The smallest absolute Gasteiger partial charge is 0.225 e. The van der Waals surface area contributed by atoms with E-state index >= 15 is 0 Å². The number of carbonyl (C=O) groups excluding carboxylic acids is 1. The summed E-state index contributed by atoms with van der Waals surface area (Å²) in [6.07, 6.45) is 4.35. The Morgan fingerprint density at radius 2 is 2.13 bits per heavy atom. The zero-order chi connectivity index (χ0) is 21.7. The quantitative estimate of drug-likeness (QED) is 0.720. The van der Waals surface area contributed by atoms with Crippen LogP contribution in [0.2, 0.25) is 0 Å². The molecule has 0 saturated heterocycles. The summed E-state index contributed by atoms with van der Waals surface area (Å²) in [5.41, 5.74) is 8.09. The number of carbonyl (C=O) groups is 1. The lowest BCUT2D eigenvalue weighted by Gasteiger charge is -2.43. The minimum absolute atomic E-state index is 0.0495. The highest BCUT2D eigenvalue weighted by molar-refractivity contribution is 8.14. The second-order valence-corrected chi connectivity index (χ2v) is 11.3. The standard InChI is InChI=1S/C24H35N3O2S/c1-14(26-21(28)23(3,4)5)6-10-19-15(2)24(13-30-22(25)27-24)18-12-17(16-7-8-16)9-11-20(18)29-19/h9,11-12,14-16,19H,6-8,10,13H2,1-5H3,(H2,25,27)(H,26,28)/t14-,15?,19-,24?/m0/s1. The summed E-state index contributed by atoms with van der Waals surface area (Å²) in [7, 11) is 0. The Labute approximate surface area is 184 Å². The van der Waals surface area contributed by atoms with Crippen LogP contribution in [-0.4, -0.2) is 29.0 Å². The van der Waals surface area contributed by atoms with Crippen LogP contribution < -0.4 is 15.8 Å². The molecule has 164 valence electrons. The first-order valence-corrected chi connectivity index (χ1v) is 12.2. The molecule has 0 aromatic heterocycles. The number of nitrogens with zero attached hydrogens (tertiary/aromatic N) is 1. The van der Waals surface area contributed by atoms with Crippen molar-refractivity contribution in [3.63, 3.8) is 0 Å². The second kappa shape index (κ2) is 7.77. The van der Waals surface area contributed by atoms with Crippen molar-refractivity contribution < 1.29 is 9.53 Å². The van der Waals surface area contributed by atoms with Crippen LogP contribution in [0.25, 0.3) is 0 Å². The topological polar surface area (TPSA) is 76.7 Å². The highest BCUT2D eigenvalue weighted by Crippen LogP contribution is 2.53. The lowest BCUT2D eigenvalue weighted by molar-refractivity contribution is -0.129. The molecule has 1 fully saturated rings. The molecule has 0 radical (unpaired) electrons. The van der Waals surface area contributed by atoms with Crippen LogP contribution in [0.5, 0.6) is 5.75 Å². The highest BCUT2D eigenvalue weighted by Gasteiger charge is 2.51. The zero-order valence-corrected chi connectivity index (χ0v) is 19.6. The van der Waals surface area contributed by atoms with Crippen LogP contribution >= 0.6 is 11.8 Å². The Morgan fingerprint density at radius 1 is 1.40 bits per heavy atom. The molecule has 1 amide bonds. The van der Waals surface area contributed by atoms with Crippen LogP contribution in [0.1, 0.15) is 77.3 Å². The van der Waals surface area contributed by atoms with E-state index in [0.29, 0.717) is 11.1 Å². The van der Waals surface area contributed by atoms with E-state index in [-0.39, 0.29) is 34.9 Å². The SMILES string of the molecule is CC1[C@H](CC[C@H](C)NC(=O)C(C)(C)C)Oc2ccc(C3CC3)cc2C12CSC(N)=N2. The summed E-state index contributed by atoms with van der Waals surface area (Å²) >= 11 is 1.65. The van der Waals surface area contributed by atoms with E-state index in [4.69, 9.17) is 15.5 Å². The third-order valence-corrected chi connectivity index (χ3v) is 7.77. The van der Waals surface area contributed by atoms with E-state index in [2.05, 4.69) is 37.4 Å². The number of hydrogen-bond acceptors (Lipinski definition) is 5. The first-order valence-electron chi connectivity index (χ1n) is 11.2. The van der Waals surface area contributed by atoms with Crippen LogP contribution in [0, 0.1) is 11.3 Å². The van der Waals surface area contributed by atoms with E-state index in [9.17, 15) is 4.79 Å². The lowest BCUT2D eigenvalue weighted by atomic mass is 9.73. The van der Waals surface area contributed by atoms with Gasteiger partial charge in [-0.25, -0.2) is 4.99 Å². The van der Waals surface area contributed by atoms with Gasteiger partial charge in [-0.1, -0.05) is 45.5 Å². The van der Waals surface area contributed by atoms with Crippen molar-refractivity contribution in [3.05, 3.63) is 29.3 Å². The van der Waals surface area contributed by atoms with E-state index in [1.54, 1.807) is 11.8 Å². The summed E-state index contributed by atoms with van der Waals surface area (Å²) in [4.78, 5) is 17.3. The van der Waals surface area contributed by atoms with Crippen molar-refractivity contribution in [3.8, 4) is 5.75 Å². The first kappa shape index (κ1) is 21.5. The Balaban J connectivity index is 1.53. The summed E-state index contributed by atoms with van der Waals surface area (Å²) in [5, 5.41) is 3.82. The number of amidine groups is 1. The minimum atomic E-state index is -0.377. The molecule has 4 rings (SSSR count). The molecule has 1 saturated carbocycles. The molecule has 0 bridgehead atoms. The largest absolute Gasteiger partial charge is 0.490 e. The van der Waals surface area contributed by atoms with Gasteiger partial charge in [0.05, 0.1) is 0 Å². The van der Waals surface area contributed by atoms with Crippen molar-refractivity contribution in [2.75, 3.05) is 5.75 Å². The number of benzene rings is 1. The van der Waals surface area contributed by atoms with Crippen LogP contribution in [0.3, 0.4) is 0 Å². The Bertz CT molecular complexity index is 858. The zero-order valence-electron chi connectivity index (χ0n) is 18.8. The van der Waals surface area contributed by atoms with Gasteiger partial charge in [-0.15, -0.1) is 0 Å². The van der Waals surface area contributed by atoms with Gasteiger partial charge < -0.3 is 15.8 Å². The van der Waals surface area contributed by atoms with Gasteiger partial charge in [0.2, 0.25) is 5.91 Å². The molecular formula is C24H35N3O2S. The third kappa shape index (κ3) is 4.08. The number of amides is 1. The van der Waals surface area contributed by atoms with Crippen molar-refractivity contribution >= 4 is 22.8 Å². The van der Waals surface area contributed by atoms with Gasteiger partial charge in [-0.3, -0.25) is 4.79 Å². The molecule has 30 heavy (non-hydrogen) atoms. The molecular weight excluding hydrogens is 394 g/mol. The Hall–Kier alpha value is -1.69. The molecule has 6 heteroatoms. The van der Waals surface area contributed by atoms with Crippen LogP contribution in [0.4, 0.5) is 0 Å². The first-order chi connectivity index (χ1) is 14.1. The number of rotatable bonds is 5. The molecule has 1 aromatic carbocycles. The molecule has 1 aliphatic carbocycles. The predicted molar refractivity (Wildman–Crippen MR) is 124 cm³/mol. The average Bonchev–Trinajstić information content (AvgIpc) is 3.45. The van der Waals surface area contributed by atoms with Gasteiger partial charge in [0.15, 0.2) is 5.17 Å². The summed E-state index contributed by atoms with van der Waals surface area (Å²) in [6, 6.07) is 6.80. The maximum absolute atomic E-state index is 12.3. The van der Waals surface area contributed by atoms with Gasteiger partial charge >= 0.3 is 0 Å². The molecule has 2 unspecified atom stereocenters. The van der Waals surface area contributed by atoms with Gasteiger partial charge in [0, 0.05) is 28.7 Å². The minimum Gasteiger partial charge on any atom is -0.490 e. The molecule has 2 heterocycles. The van der Waals surface area contributed by atoms with Gasteiger partial charge in [-0.2, -0.15) is 0 Å². The number of nitrogens with one attached hydrogen (secondary N) is 1. The average molecular weight is 430 g/mol. The molecule has 3 N–H and O–H groups in total. The fourth-order valence-electron chi connectivity index (χ4n) is 4.53. The maximum Gasteiger partial charge on any atom is 0.225 e. The summed E-state index contributed by atoms with van der Waals surface area (Å²) < 4.78 is 6.51. The van der Waals surface area contributed by atoms with Gasteiger partial charge in [0.1, 0.15) is 17.4 Å². The predicted octanol–water partition coefficient (Wildman–Crippen LogP) is 4.55. The molecule has 4 atom stereocenters. The molecule has 2 aliphatic heterocycles. The van der Waals surface area contributed by atoms with Crippen LogP contribution in [-0.2, 0) is 10.3 Å². The number of hydrogen-bond donors (Lipinski definition) is 2. The number of thioether (sulfide) groups is 1. The Kier molecular flexibility index (Phi) is 5.58. The van der Waals surface area contributed by atoms with E-state index < -0.39 is 0 Å². The normalized spacial score (nSPS) is 29.2. The van der Waals surface area contributed by atoms with Crippen molar-refractivity contribution in [2.24, 2.45) is 22.1 Å². The van der Waals surface area contributed by atoms with Crippen molar-refractivity contribution in [1.82, 2.24) is 5.32 Å². The fraction of sp³-hybridized carbons (Fsp3) is 0.667. The number of aliphatic imine (C=N–C) groups is 1. The van der Waals surface area contributed by atoms with E-state index in [1.165, 1.54) is 24.0 Å². The highest BCUT2D eigenvalue weighted by atomic mass is 32.2. The lowest BCUT2D eigenvalue weighted by Crippen LogP contribution is -2.47. The number of ether oxygens (including phenoxy) is 1. The van der Waals surface area contributed by atoms with Crippen molar-refractivity contribution in [2.45, 2.75) is 83.9 Å². The second-order valence-electron chi connectivity index (χ2n) is 10.3. The maximum atomic E-state index is 12.3. The summed E-state index contributed by atoms with van der Waals surface area (Å²) in [6.45, 7) is 10.1. The Morgan fingerprint density at radius 3 is 2.73 bits per heavy atom. The molecule has 3 aliphatic rings. The number of fused-ring (bicyclic) bond motifs is 2. The molecule has 5 nitrogen and oxygen atoms in total. The fourth-order valence-corrected chi connectivity index (χ4v) is 5.61. The van der Waals surface area contributed by atoms with E-state index in [1.807, 2.05) is 20.8 Å². The van der Waals surface area contributed by atoms with Crippen LogP contribution in [0.15, 0.2) is 23.2 Å². The van der Waals surface area contributed by atoms with Crippen molar-refractivity contribution in [1.29, 1.82) is 0 Å².